The minimum Gasteiger partial charge on any atom is -0.480 e. The van der Waals surface area contributed by atoms with Crippen molar-refractivity contribution in [1.82, 2.24) is 15.5 Å². The maximum absolute atomic E-state index is 5.08. The number of aryl methyl sites for hydroxylation is 1. The fraction of sp³-hybridized carbons (Fsp3) is 0.412. The Labute approximate surface area is 126 Å². The minimum absolute atomic E-state index is 0.0647. The number of aromatic nitrogens is 2. The van der Waals surface area contributed by atoms with Gasteiger partial charge in [0.15, 0.2) is 0 Å². The normalized spacial score (nSPS) is 12.1. The van der Waals surface area contributed by atoms with Crippen LogP contribution in [0.15, 0.2) is 36.4 Å². The molecule has 4 heteroatoms. The summed E-state index contributed by atoms with van der Waals surface area (Å²) >= 11 is 0. The predicted octanol–water partition coefficient (Wildman–Crippen LogP) is 3.14. The van der Waals surface area contributed by atoms with Gasteiger partial charge in [-0.15, -0.1) is 10.2 Å². The molecule has 2 aromatic rings. The zero-order valence-corrected chi connectivity index (χ0v) is 13.0. The molecular weight excluding hydrogens is 262 g/mol. The van der Waals surface area contributed by atoms with Crippen molar-refractivity contribution in [3.05, 3.63) is 53.2 Å². The third kappa shape index (κ3) is 4.02. The van der Waals surface area contributed by atoms with Crippen LogP contribution >= 0.6 is 0 Å². The van der Waals surface area contributed by atoms with Crippen LogP contribution in [0.5, 0.6) is 5.88 Å². The predicted molar refractivity (Wildman–Crippen MR) is 84.5 cm³/mol. The largest absolute Gasteiger partial charge is 0.480 e. The average molecular weight is 285 g/mol. The quantitative estimate of drug-likeness (QED) is 0.849. The molecule has 0 aliphatic heterocycles. The number of hydrogen-bond donors (Lipinski definition) is 1. The van der Waals surface area contributed by atoms with Crippen LogP contribution in [0.25, 0.3) is 0 Å². The minimum atomic E-state index is 0.0647. The Kier molecular flexibility index (Phi) is 5.69. The van der Waals surface area contributed by atoms with Crippen molar-refractivity contribution in [3.8, 4) is 5.88 Å². The number of nitrogens with one attached hydrogen (secondary N) is 1. The van der Waals surface area contributed by atoms with Crippen molar-refractivity contribution in [2.24, 2.45) is 0 Å². The van der Waals surface area contributed by atoms with Crippen LogP contribution in [0.1, 0.15) is 43.1 Å². The molecule has 0 saturated heterocycles. The first-order valence-corrected chi connectivity index (χ1v) is 7.48. The first kappa shape index (κ1) is 15.4. The molecule has 1 atom stereocenters. The molecule has 21 heavy (non-hydrogen) atoms. The molecule has 1 aromatic heterocycles. The van der Waals surface area contributed by atoms with E-state index >= 15 is 0 Å². The van der Waals surface area contributed by atoms with Crippen LogP contribution in [-0.4, -0.2) is 23.9 Å². The Bertz CT molecular complexity index is 554. The molecule has 0 spiro atoms. The van der Waals surface area contributed by atoms with Crippen LogP contribution < -0.4 is 10.1 Å². The summed E-state index contributed by atoms with van der Waals surface area (Å²) in [6, 6.07) is 12.5. The van der Waals surface area contributed by atoms with E-state index in [0.717, 1.165) is 25.1 Å². The molecule has 0 fully saturated rings. The summed E-state index contributed by atoms with van der Waals surface area (Å²) in [6.45, 7) is 5.27. The average Bonchev–Trinajstić information content (AvgIpc) is 2.56. The number of ether oxygens (including phenoxy) is 1. The molecule has 1 unspecified atom stereocenters. The van der Waals surface area contributed by atoms with Crippen molar-refractivity contribution in [3.63, 3.8) is 0 Å². The highest BCUT2D eigenvalue weighted by atomic mass is 16.5. The number of benzene rings is 1. The Morgan fingerprint density at radius 2 is 2.00 bits per heavy atom. The topological polar surface area (TPSA) is 47.0 Å². The van der Waals surface area contributed by atoms with E-state index in [1.165, 1.54) is 11.1 Å². The molecule has 112 valence electrons. The van der Waals surface area contributed by atoms with Gasteiger partial charge in [0, 0.05) is 6.07 Å². The van der Waals surface area contributed by atoms with E-state index in [1.54, 1.807) is 7.11 Å². The molecule has 0 aliphatic rings. The smallest absolute Gasteiger partial charge is 0.233 e. The van der Waals surface area contributed by atoms with Gasteiger partial charge in [-0.25, -0.2) is 0 Å². The zero-order valence-electron chi connectivity index (χ0n) is 13.0. The van der Waals surface area contributed by atoms with Crippen LogP contribution in [0.2, 0.25) is 0 Å². The molecular formula is C17H23N3O. The maximum Gasteiger partial charge on any atom is 0.233 e. The maximum atomic E-state index is 5.08. The lowest BCUT2D eigenvalue weighted by atomic mass is 10.00. The van der Waals surface area contributed by atoms with Crippen molar-refractivity contribution < 1.29 is 4.74 Å². The van der Waals surface area contributed by atoms with E-state index in [0.29, 0.717) is 5.88 Å². The van der Waals surface area contributed by atoms with Gasteiger partial charge in [0.25, 0.3) is 0 Å². The molecule has 1 aromatic carbocycles. The summed E-state index contributed by atoms with van der Waals surface area (Å²) in [7, 11) is 1.60. The van der Waals surface area contributed by atoms with Gasteiger partial charge >= 0.3 is 0 Å². The molecule has 1 N–H and O–H groups in total. The molecule has 0 bridgehead atoms. The fourth-order valence-corrected chi connectivity index (χ4v) is 2.27. The monoisotopic (exact) mass is 285 g/mol. The lowest BCUT2D eigenvalue weighted by Crippen LogP contribution is -2.24. The Morgan fingerprint density at radius 3 is 2.62 bits per heavy atom. The van der Waals surface area contributed by atoms with Crippen LogP contribution in [-0.2, 0) is 6.42 Å². The highest BCUT2D eigenvalue weighted by Crippen LogP contribution is 2.22. The van der Waals surface area contributed by atoms with Crippen molar-refractivity contribution in [2.45, 2.75) is 32.7 Å². The molecule has 0 saturated carbocycles. The van der Waals surface area contributed by atoms with Gasteiger partial charge in [0.1, 0.15) is 0 Å². The van der Waals surface area contributed by atoms with Crippen LogP contribution in [0.3, 0.4) is 0 Å². The third-order valence-corrected chi connectivity index (χ3v) is 3.46. The SMILES string of the molecule is CCCNC(c1cccc(CC)c1)c1ccc(OC)nn1. The summed E-state index contributed by atoms with van der Waals surface area (Å²) < 4.78 is 5.08. The van der Waals surface area contributed by atoms with Gasteiger partial charge in [-0.1, -0.05) is 38.1 Å². The molecule has 1 heterocycles. The Hall–Kier alpha value is -1.94. The summed E-state index contributed by atoms with van der Waals surface area (Å²) in [5.74, 6) is 0.537. The molecule has 0 radical (unpaired) electrons. The number of hydrogen-bond acceptors (Lipinski definition) is 4. The standard InChI is InChI=1S/C17H23N3O/c1-4-11-18-17(14-8-6-7-13(5-2)12-14)15-9-10-16(21-3)20-19-15/h6-10,12,17-18H,4-5,11H2,1-3H3. The number of rotatable bonds is 7. The summed E-state index contributed by atoms with van der Waals surface area (Å²) in [6.07, 6.45) is 2.11. The second-order valence-electron chi connectivity index (χ2n) is 4.99. The van der Waals surface area contributed by atoms with E-state index in [9.17, 15) is 0 Å². The first-order chi connectivity index (χ1) is 10.3. The number of nitrogens with zero attached hydrogens (tertiary/aromatic N) is 2. The number of methoxy groups -OCH3 is 1. The van der Waals surface area contributed by atoms with Gasteiger partial charge < -0.3 is 10.1 Å². The zero-order chi connectivity index (χ0) is 15.1. The lowest BCUT2D eigenvalue weighted by molar-refractivity contribution is 0.390. The van der Waals surface area contributed by atoms with Gasteiger partial charge in [0.2, 0.25) is 5.88 Å². The van der Waals surface area contributed by atoms with E-state index in [4.69, 9.17) is 4.74 Å². The second-order valence-corrected chi connectivity index (χ2v) is 4.99. The van der Waals surface area contributed by atoms with Crippen LogP contribution in [0, 0.1) is 0 Å². The molecule has 0 amide bonds. The van der Waals surface area contributed by atoms with Gasteiger partial charge in [-0.3, -0.25) is 0 Å². The first-order valence-electron chi connectivity index (χ1n) is 7.48. The summed E-state index contributed by atoms with van der Waals surface area (Å²) in [5.41, 5.74) is 3.47. The van der Waals surface area contributed by atoms with E-state index in [2.05, 4.69) is 53.6 Å². The third-order valence-electron chi connectivity index (χ3n) is 3.46. The van der Waals surface area contributed by atoms with Crippen molar-refractivity contribution >= 4 is 0 Å². The van der Waals surface area contributed by atoms with E-state index in [1.807, 2.05) is 12.1 Å². The lowest BCUT2D eigenvalue weighted by Gasteiger charge is -2.19. The molecule has 2 rings (SSSR count). The molecule has 0 aliphatic carbocycles. The molecule has 4 nitrogen and oxygen atoms in total. The Balaban J connectivity index is 2.31. The van der Waals surface area contributed by atoms with E-state index in [-0.39, 0.29) is 6.04 Å². The fourth-order valence-electron chi connectivity index (χ4n) is 2.27. The Morgan fingerprint density at radius 1 is 1.14 bits per heavy atom. The van der Waals surface area contributed by atoms with Crippen molar-refractivity contribution in [1.29, 1.82) is 0 Å². The highest BCUT2D eigenvalue weighted by Gasteiger charge is 2.15. The summed E-state index contributed by atoms with van der Waals surface area (Å²) in [4.78, 5) is 0. The van der Waals surface area contributed by atoms with Gasteiger partial charge in [0.05, 0.1) is 18.8 Å². The van der Waals surface area contributed by atoms with E-state index < -0.39 is 0 Å². The van der Waals surface area contributed by atoms with Gasteiger partial charge in [-0.05, 0) is 36.6 Å². The summed E-state index contributed by atoms with van der Waals surface area (Å²) in [5, 5.41) is 11.9. The van der Waals surface area contributed by atoms with Crippen molar-refractivity contribution in [2.75, 3.05) is 13.7 Å². The van der Waals surface area contributed by atoms with Gasteiger partial charge in [-0.2, -0.15) is 0 Å². The highest BCUT2D eigenvalue weighted by molar-refractivity contribution is 5.31. The van der Waals surface area contributed by atoms with Crippen LogP contribution in [0.4, 0.5) is 0 Å². The second kappa shape index (κ2) is 7.74.